The molecule has 25 heavy (non-hydrogen) atoms. The summed E-state index contributed by atoms with van der Waals surface area (Å²) in [6.45, 7) is 0.568. The number of aromatic amines is 1. The Hall–Kier alpha value is -1.64. The highest BCUT2D eigenvalue weighted by molar-refractivity contribution is 7.99. The molecule has 0 saturated carbocycles. The highest BCUT2D eigenvalue weighted by Gasteiger charge is 2.21. The Kier molecular flexibility index (Phi) is 4.91. The Balaban J connectivity index is 1.35. The fourth-order valence-electron chi connectivity index (χ4n) is 3.01. The van der Waals surface area contributed by atoms with Crippen LogP contribution in [0.1, 0.15) is 27.6 Å². The van der Waals surface area contributed by atoms with Crippen molar-refractivity contribution in [3.05, 3.63) is 49.0 Å². The molecular formula is C17H17N3O2S3. The first-order valence-electron chi connectivity index (χ1n) is 8.11. The summed E-state index contributed by atoms with van der Waals surface area (Å²) in [6.07, 6.45) is 3.18. The lowest BCUT2D eigenvalue weighted by atomic mass is 10.2. The zero-order valence-electron chi connectivity index (χ0n) is 13.5. The van der Waals surface area contributed by atoms with Crippen LogP contribution in [0.15, 0.2) is 22.3 Å². The van der Waals surface area contributed by atoms with Gasteiger partial charge in [0.05, 0.1) is 23.4 Å². The fraction of sp³-hybridized carbons (Fsp3) is 0.353. The van der Waals surface area contributed by atoms with E-state index in [1.54, 1.807) is 22.7 Å². The van der Waals surface area contributed by atoms with Crippen LogP contribution in [0.2, 0.25) is 0 Å². The third-order valence-corrected chi connectivity index (χ3v) is 7.14. The van der Waals surface area contributed by atoms with Gasteiger partial charge in [-0.3, -0.25) is 9.59 Å². The first kappa shape index (κ1) is 16.8. The molecule has 0 spiro atoms. The largest absolute Gasteiger partial charge is 0.350 e. The van der Waals surface area contributed by atoms with E-state index in [1.165, 1.54) is 22.2 Å². The molecule has 0 bridgehead atoms. The van der Waals surface area contributed by atoms with Crippen LogP contribution in [0, 0.1) is 0 Å². The van der Waals surface area contributed by atoms with Crippen LogP contribution in [-0.2, 0) is 29.9 Å². The molecule has 0 saturated heterocycles. The summed E-state index contributed by atoms with van der Waals surface area (Å²) in [5.74, 6) is 1.53. The molecule has 3 heterocycles. The normalized spacial score (nSPS) is 13.3. The number of fused-ring (bicyclic) bond motifs is 3. The van der Waals surface area contributed by atoms with E-state index in [0.717, 1.165) is 34.4 Å². The molecule has 1 amide bonds. The van der Waals surface area contributed by atoms with Gasteiger partial charge in [-0.05, 0) is 36.3 Å². The van der Waals surface area contributed by atoms with Crippen molar-refractivity contribution in [2.75, 3.05) is 5.75 Å². The molecule has 1 aliphatic carbocycles. The number of thioether (sulfide) groups is 1. The minimum atomic E-state index is -0.0397. The lowest BCUT2D eigenvalue weighted by Crippen LogP contribution is -2.24. The second-order valence-electron chi connectivity index (χ2n) is 5.90. The van der Waals surface area contributed by atoms with Gasteiger partial charge in [-0.15, -0.1) is 34.4 Å². The minimum Gasteiger partial charge on any atom is -0.350 e. The molecule has 0 unspecified atom stereocenters. The van der Waals surface area contributed by atoms with E-state index in [0.29, 0.717) is 23.9 Å². The topological polar surface area (TPSA) is 74.8 Å². The third kappa shape index (κ3) is 3.65. The van der Waals surface area contributed by atoms with E-state index < -0.39 is 0 Å². The molecular weight excluding hydrogens is 374 g/mol. The van der Waals surface area contributed by atoms with Gasteiger partial charge in [-0.1, -0.05) is 6.07 Å². The summed E-state index contributed by atoms with van der Waals surface area (Å²) in [6, 6.07) is 3.97. The summed E-state index contributed by atoms with van der Waals surface area (Å²) in [7, 11) is 0. The number of amides is 1. The number of carbonyl (C=O) groups is 1. The zero-order chi connectivity index (χ0) is 17.2. The van der Waals surface area contributed by atoms with Gasteiger partial charge in [0.25, 0.3) is 5.56 Å². The number of carbonyl (C=O) groups excluding carboxylic acids is 1. The lowest BCUT2D eigenvalue weighted by Gasteiger charge is -2.04. The van der Waals surface area contributed by atoms with E-state index in [1.807, 2.05) is 17.5 Å². The molecule has 0 atom stereocenters. The van der Waals surface area contributed by atoms with Gasteiger partial charge in [0.15, 0.2) is 0 Å². The second kappa shape index (κ2) is 7.31. The standard InChI is InChI=1S/C17H17N3O2S3/c21-14(18-7-10-3-2-6-24-10)9-23-8-13-19-16(22)15-11-4-1-5-12(11)25-17(15)20-13/h2-3,6H,1,4-5,7-9H2,(H,18,21)(H,19,20,22). The first-order chi connectivity index (χ1) is 12.2. The van der Waals surface area contributed by atoms with E-state index in [4.69, 9.17) is 0 Å². The van der Waals surface area contributed by atoms with E-state index in [-0.39, 0.29) is 11.5 Å². The van der Waals surface area contributed by atoms with Crippen LogP contribution in [0.25, 0.3) is 10.2 Å². The number of rotatable bonds is 6. The highest BCUT2D eigenvalue weighted by atomic mass is 32.2. The predicted octanol–water partition coefficient (Wildman–Crippen LogP) is 3.08. The molecule has 8 heteroatoms. The summed E-state index contributed by atoms with van der Waals surface area (Å²) in [5.41, 5.74) is 1.16. The van der Waals surface area contributed by atoms with Gasteiger partial charge < -0.3 is 10.3 Å². The molecule has 130 valence electrons. The van der Waals surface area contributed by atoms with Gasteiger partial charge >= 0.3 is 0 Å². The molecule has 5 nitrogen and oxygen atoms in total. The SMILES string of the molecule is O=C(CSCc1nc2sc3c(c2c(=O)[nH]1)CCC3)NCc1cccs1. The molecule has 4 rings (SSSR count). The highest BCUT2D eigenvalue weighted by Crippen LogP contribution is 2.34. The van der Waals surface area contributed by atoms with Gasteiger partial charge in [0, 0.05) is 9.75 Å². The van der Waals surface area contributed by atoms with Crippen molar-refractivity contribution < 1.29 is 4.79 Å². The Bertz CT molecular complexity index is 960. The summed E-state index contributed by atoms with van der Waals surface area (Å²) in [5, 5.41) is 5.67. The number of hydrogen-bond acceptors (Lipinski definition) is 6. The number of nitrogens with one attached hydrogen (secondary N) is 2. The van der Waals surface area contributed by atoms with Gasteiger partial charge in [0.1, 0.15) is 10.7 Å². The number of aryl methyl sites for hydroxylation is 2. The van der Waals surface area contributed by atoms with Crippen LogP contribution < -0.4 is 10.9 Å². The molecule has 0 radical (unpaired) electrons. The van der Waals surface area contributed by atoms with Crippen molar-refractivity contribution in [1.82, 2.24) is 15.3 Å². The maximum atomic E-state index is 12.4. The van der Waals surface area contributed by atoms with E-state index in [2.05, 4.69) is 15.3 Å². The quantitative estimate of drug-likeness (QED) is 0.677. The van der Waals surface area contributed by atoms with Crippen molar-refractivity contribution in [1.29, 1.82) is 0 Å². The van der Waals surface area contributed by atoms with Gasteiger partial charge in [-0.25, -0.2) is 4.98 Å². The predicted molar refractivity (Wildman–Crippen MR) is 105 cm³/mol. The number of aromatic nitrogens is 2. The Labute approximate surface area is 156 Å². The average Bonchev–Trinajstić information content (AvgIpc) is 3.29. The number of H-pyrrole nitrogens is 1. The summed E-state index contributed by atoms with van der Waals surface area (Å²) >= 11 is 4.73. The van der Waals surface area contributed by atoms with Crippen LogP contribution in [-0.4, -0.2) is 21.6 Å². The average molecular weight is 392 g/mol. The van der Waals surface area contributed by atoms with Gasteiger partial charge in [0.2, 0.25) is 5.91 Å². The number of hydrogen-bond donors (Lipinski definition) is 2. The van der Waals surface area contributed by atoms with Gasteiger partial charge in [-0.2, -0.15) is 0 Å². The monoisotopic (exact) mass is 391 g/mol. The van der Waals surface area contributed by atoms with Crippen LogP contribution in [0.4, 0.5) is 0 Å². The summed E-state index contributed by atoms with van der Waals surface area (Å²) in [4.78, 5) is 35.0. The van der Waals surface area contributed by atoms with Crippen molar-refractivity contribution >= 4 is 50.6 Å². The molecule has 3 aromatic heterocycles. The smallest absolute Gasteiger partial charge is 0.259 e. The maximum absolute atomic E-state index is 12.4. The molecule has 2 N–H and O–H groups in total. The third-order valence-electron chi connectivity index (χ3n) is 4.14. The van der Waals surface area contributed by atoms with E-state index in [9.17, 15) is 9.59 Å². The Morgan fingerprint density at radius 3 is 3.16 bits per heavy atom. The van der Waals surface area contributed by atoms with Crippen LogP contribution in [0.3, 0.4) is 0 Å². The van der Waals surface area contributed by atoms with Crippen molar-refractivity contribution in [2.45, 2.75) is 31.6 Å². The molecule has 0 fully saturated rings. The van der Waals surface area contributed by atoms with E-state index >= 15 is 0 Å². The van der Waals surface area contributed by atoms with Crippen LogP contribution in [0.5, 0.6) is 0 Å². The fourth-order valence-corrected chi connectivity index (χ4v) is 5.65. The minimum absolute atomic E-state index is 0.00285. The molecule has 0 aliphatic heterocycles. The first-order valence-corrected chi connectivity index (χ1v) is 11.0. The Morgan fingerprint density at radius 2 is 2.32 bits per heavy atom. The maximum Gasteiger partial charge on any atom is 0.259 e. The lowest BCUT2D eigenvalue weighted by molar-refractivity contribution is -0.118. The van der Waals surface area contributed by atoms with Crippen molar-refractivity contribution in [3.8, 4) is 0 Å². The van der Waals surface area contributed by atoms with Crippen molar-refractivity contribution in [2.24, 2.45) is 0 Å². The zero-order valence-corrected chi connectivity index (χ0v) is 15.9. The summed E-state index contributed by atoms with van der Waals surface area (Å²) < 4.78 is 0. The Morgan fingerprint density at radius 1 is 1.40 bits per heavy atom. The van der Waals surface area contributed by atoms with Crippen LogP contribution >= 0.6 is 34.4 Å². The second-order valence-corrected chi connectivity index (χ2v) is 9.00. The molecule has 0 aromatic carbocycles. The van der Waals surface area contributed by atoms with Crippen molar-refractivity contribution in [3.63, 3.8) is 0 Å². The number of nitrogens with zero attached hydrogens (tertiary/aromatic N) is 1. The molecule has 1 aliphatic rings. The number of thiophene rings is 2. The molecule has 3 aromatic rings.